The Kier molecular flexibility index (Phi) is 5.67. The van der Waals surface area contributed by atoms with E-state index in [1.54, 1.807) is 17.7 Å². The molecule has 0 saturated heterocycles. The zero-order chi connectivity index (χ0) is 27.3. The molecule has 1 aromatic carbocycles. The third-order valence-corrected chi connectivity index (χ3v) is 6.29. The predicted octanol–water partition coefficient (Wildman–Crippen LogP) is 3.44. The van der Waals surface area contributed by atoms with Gasteiger partial charge in [-0.05, 0) is 36.8 Å². The molecule has 0 spiro atoms. The van der Waals surface area contributed by atoms with E-state index in [0.29, 0.717) is 22.3 Å². The number of hydrogen-bond donors (Lipinski definition) is 1. The maximum absolute atomic E-state index is 14.3. The summed E-state index contributed by atoms with van der Waals surface area (Å²) in [6.07, 6.45) is 5.40. The SMILES string of the molecule is COc1ncc(-c2nn(C(C)c3nc4ccc(F)cn4c(=O)c3-c3cccc(F)c3)c3ncnc(N)c23)cn1. The van der Waals surface area contributed by atoms with Gasteiger partial charge in [-0.1, -0.05) is 12.1 Å². The highest BCUT2D eigenvalue weighted by Gasteiger charge is 2.26. The van der Waals surface area contributed by atoms with Crippen LogP contribution in [0.5, 0.6) is 6.01 Å². The number of ether oxygens (including phenoxy) is 1. The molecule has 6 aromatic rings. The van der Waals surface area contributed by atoms with E-state index in [2.05, 4.69) is 19.9 Å². The zero-order valence-corrected chi connectivity index (χ0v) is 20.6. The van der Waals surface area contributed by atoms with Crippen LogP contribution in [0.15, 0.2) is 66.1 Å². The molecule has 5 aromatic heterocycles. The standard InChI is InChI=1S/C26H19F2N9O2/c1-13(37-24-20(23(29)32-12-33-24)22(35-37)15-9-30-26(39-2)31-10-15)21-19(14-4-3-5-16(27)8-14)25(38)36-11-17(28)6-7-18(36)34-21/h3-13H,1-2H3,(H2,29,32,33). The summed E-state index contributed by atoms with van der Waals surface area (Å²) in [5.41, 5.74) is 7.82. The van der Waals surface area contributed by atoms with Crippen molar-refractivity contribution in [3.63, 3.8) is 0 Å². The molecular formula is C26H19F2N9O2. The van der Waals surface area contributed by atoms with Gasteiger partial charge in [0.25, 0.3) is 5.56 Å². The van der Waals surface area contributed by atoms with Gasteiger partial charge in [-0.25, -0.2) is 38.4 Å². The number of benzene rings is 1. The molecular weight excluding hydrogens is 508 g/mol. The molecule has 0 bridgehead atoms. The van der Waals surface area contributed by atoms with E-state index in [-0.39, 0.29) is 34.3 Å². The van der Waals surface area contributed by atoms with Crippen LogP contribution < -0.4 is 16.0 Å². The molecule has 194 valence electrons. The molecule has 1 unspecified atom stereocenters. The predicted molar refractivity (Wildman–Crippen MR) is 138 cm³/mol. The average molecular weight is 527 g/mol. The minimum absolute atomic E-state index is 0.0881. The molecule has 0 aliphatic rings. The average Bonchev–Trinajstić information content (AvgIpc) is 3.34. The van der Waals surface area contributed by atoms with Crippen LogP contribution in [0.1, 0.15) is 18.7 Å². The topological polar surface area (TPSA) is 139 Å². The van der Waals surface area contributed by atoms with E-state index in [1.807, 2.05) is 0 Å². The summed E-state index contributed by atoms with van der Waals surface area (Å²) >= 11 is 0. The third kappa shape index (κ3) is 4.00. The lowest BCUT2D eigenvalue weighted by Gasteiger charge is -2.18. The number of pyridine rings is 1. The van der Waals surface area contributed by atoms with Crippen molar-refractivity contribution in [3.8, 4) is 28.4 Å². The normalized spacial score (nSPS) is 12.2. The minimum atomic E-state index is -0.712. The first-order valence-electron chi connectivity index (χ1n) is 11.7. The number of anilines is 1. The van der Waals surface area contributed by atoms with Gasteiger partial charge in [0.15, 0.2) is 5.65 Å². The van der Waals surface area contributed by atoms with Crippen molar-refractivity contribution in [3.05, 3.63) is 89.0 Å². The number of nitrogens with zero attached hydrogens (tertiary/aromatic N) is 8. The molecule has 0 fully saturated rings. The van der Waals surface area contributed by atoms with Gasteiger partial charge < -0.3 is 10.5 Å². The lowest BCUT2D eigenvalue weighted by molar-refractivity contribution is 0.380. The monoisotopic (exact) mass is 527 g/mol. The summed E-state index contributed by atoms with van der Waals surface area (Å²) in [7, 11) is 1.45. The summed E-state index contributed by atoms with van der Waals surface area (Å²) in [6, 6.07) is 7.63. The summed E-state index contributed by atoms with van der Waals surface area (Å²) in [4.78, 5) is 35.2. The molecule has 0 aliphatic carbocycles. The number of methoxy groups -OCH3 is 1. The Balaban J connectivity index is 1.63. The van der Waals surface area contributed by atoms with Crippen LogP contribution in [0.3, 0.4) is 0 Å². The summed E-state index contributed by atoms with van der Waals surface area (Å²) in [5, 5.41) is 5.21. The Hall–Kier alpha value is -5.33. The van der Waals surface area contributed by atoms with Crippen LogP contribution in [0.2, 0.25) is 0 Å². The Bertz CT molecular complexity index is 1940. The molecule has 0 saturated carbocycles. The van der Waals surface area contributed by atoms with Gasteiger partial charge >= 0.3 is 6.01 Å². The van der Waals surface area contributed by atoms with Gasteiger partial charge in [0.1, 0.15) is 35.1 Å². The summed E-state index contributed by atoms with van der Waals surface area (Å²) in [6.45, 7) is 1.77. The first-order chi connectivity index (χ1) is 18.9. The van der Waals surface area contributed by atoms with Crippen molar-refractivity contribution in [2.45, 2.75) is 13.0 Å². The van der Waals surface area contributed by atoms with E-state index in [4.69, 9.17) is 20.6 Å². The summed E-state index contributed by atoms with van der Waals surface area (Å²) in [5.74, 6) is -0.979. The maximum atomic E-state index is 14.3. The molecule has 0 radical (unpaired) electrons. The number of hydrogen-bond acceptors (Lipinski definition) is 9. The zero-order valence-electron chi connectivity index (χ0n) is 20.6. The fourth-order valence-electron chi connectivity index (χ4n) is 4.47. The van der Waals surface area contributed by atoms with E-state index >= 15 is 0 Å². The van der Waals surface area contributed by atoms with E-state index in [0.717, 1.165) is 10.6 Å². The fourth-order valence-corrected chi connectivity index (χ4v) is 4.47. The number of nitrogens with two attached hydrogens (primary N) is 1. The number of fused-ring (bicyclic) bond motifs is 2. The van der Waals surface area contributed by atoms with Crippen molar-refractivity contribution in [2.75, 3.05) is 12.8 Å². The van der Waals surface area contributed by atoms with Crippen LogP contribution in [-0.4, -0.2) is 46.2 Å². The Labute approximate surface area is 218 Å². The van der Waals surface area contributed by atoms with Gasteiger partial charge in [0.2, 0.25) is 0 Å². The van der Waals surface area contributed by atoms with Crippen molar-refractivity contribution < 1.29 is 13.5 Å². The van der Waals surface area contributed by atoms with Crippen molar-refractivity contribution in [1.82, 2.24) is 39.1 Å². The highest BCUT2D eigenvalue weighted by atomic mass is 19.1. The van der Waals surface area contributed by atoms with Crippen molar-refractivity contribution in [1.29, 1.82) is 0 Å². The third-order valence-electron chi connectivity index (χ3n) is 6.29. The highest BCUT2D eigenvalue weighted by Crippen LogP contribution is 2.34. The molecule has 1 atom stereocenters. The highest BCUT2D eigenvalue weighted by molar-refractivity contribution is 5.98. The molecule has 0 aliphatic heterocycles. The number of nitrogen functional groups attached to an aromatic ring is 1. The lowest BCUT2D eigenvalue weighted by Crippen LogP contribution is -2.23. The van der Waals surface area contributed by atoms with Crippen molar-refractivity contribution in [2.24, 2.45) is 0 Å². The summed E-state index contributed by atoms with van der Waals surface area (Å²) < 4.78 is 36.0. The van der Waals surface area contributed by atoms with E-state index < -0.39 is 23.2 Å². The maximum Gasteiger partial charge on any atom is 0.316 e. The van der Waals surface area contributed by atoms with Crippen LogP contribution in [0.4, 0.5) is 14.6 Å². The van der Waals surface area contributed by atoms with E-state index in [1.165, 1.54) is 56.2 Å². The van der Waals surface area contributed by atoms with Gasteiger partial charge in [-0.2, -0.15) is 5.10 Å². The molecule has 2 N–H and O–H groups in total. The molecule has 6 rings (SSSR count). The molecule has 11 nitrogen and oxygen atoms in total. The molecule has 39 heavy (non-hydrogen) atoms. The second-order valence-corrected chi connectivity index (χ2v) is 8.65. The van der Waals surface area contributed by atoms with Gasteiger partial charge in [-0.3, -0.25) is 9.20 Å². The van der Waals surface area contributed by atoms with Gasteiger partial charge in [-0.15, -0.1) is 0 Å². The van der Waals surface area contributed by atoms with Gasteiger partial charge in [0, 0.05) is 24.2 Å². The molecule has 5 heterocycles. The van der Waals surface area contributed by atoms with E-state index in [9.17, 15) is 13.6 Å². The molecule has 0 amide bonds. The van der Waals surface area contributed by atoms with Crippen LogP contribution >= 0.6 is 0 Å². The lowest BCUT2D eigenvalue weighted by atomic mass is 10.0. The number of halogens is 2. The van der Waals surface area contributed by atoms with Crippen LogP contribution in [-0.2, 0) is 0 Å². The first kappa shape index (κ1) is 24.0. The van der Waals surface area contributed by atoms with Crippen molar-refractivity contribution >= 4 is 22.5 Å². The smallest absolute Gasteiger partial charge is 0.316 e. The van der Waals surface area contributed by atoms with Crippen LogP contribution in [0.25, 0.3) is 39.1 Å². The first-order valence-corrected chi connectivity index (χ1v) is 11.7. The number of aromatic nitrogens is 8. The second kappa shape index (κ2) is 9.20. The second-order valence-electron chi connectivity index (χ2n) is 8.65. The Morgan fingerprint density at radius 3 is 2.54 bits per heavy atom. The van der Waals surface area contributed by atoms with Gasteiger partial charge in [0.05, 0.1) is 29.8 Å². The Morgan fingerprint density at radius 1 is 1.00 bits per heavy atom. The fraction of sp³-hybridized carbons (Fsp3) is 0.115. The number of rotatable bonds is 5. The Morgan fingerprint density at radius 2 is 1.79 bits per heavy atom. The largest absolute Gasteiger partial charge is 0.467 e. The quantitative estimate of drug-likeness (QED) is 0.357. The molecule has 13 heteroatoms. The minimum Gasteiger partial charge on any atom is -0.467 e. The van der Waals surface area contributed by atoms with Crippen LogP contribution in [0, 0.1) is 11.6 Å².